The second kappa shape index (κ2) is 8.01. The summed E-state index contributed by atoms with van der Waals surface area (Å²) in [5.74, 6) is 1.39. The standard InChI is InChI=1S/C18H25ClN4O/c1-22-17(19)10-21-18(22)11-20-16-5-3-2-4-15(16)12-23-8-6-14(13-24)7-9-23/h2-5,10,14,20,24H,6-9,11-13H2,1H3. The Morgan fingerprint density at radius 3 is 2.71 bits per heavy atom. The van der Waals surface area contributed by atoms with E-state index in [1.807, 2.05) is 11.6 Å². The molecule has 0 saturated carbocycles. The number of halogens is 1. The van der Waals surface area contributed by atoms with Gasteiger partial charge < -0.3 is 15.0 Å². The maximum atomic E-state index is 9.27. The molecule has 6 heteroatoms. The molecule has 0 aliphatic carbocycles. The molecule has 0 amide bonds. The van der Waals surface area contributed by atoms with E-state index in [0.717, 1.165) is 44.0 Å². The van der Waals surface area contributed by atoms with E-state index in [9.17, 15) is 5.11 Å². The van der Waals surface area contributed by atoms with E-state index in [4.69, 9.17) is 11.6 Å². The average Bonchev–Trinajstić information content (AvgIpc) is 2.93. The van der Waals surface area contributed by atoms with Crippen LogP contribution in [-0.4, -0.2) is 39.3 Å². The molecular formula is C18H25ClN4O. The van der Waals surface area contributed by atoms with Gasteiger partial charge in [0.2, 0.25) is 0 Å². The van der Waals surface area contributed by atoms with Gasteiger partial charge in [-0.15, -0.1) is 0 Å². The molecule has 130 valence electrons. The number of para-hydroxylation sites is 1. The summed E-state index contributed by atoms with van der Waals surface area (Å²) in [6, 6.07) is 8.42. The van der Waals surface area contributed by atoms with Gasteiger partial charge in [-0.1, -0.05) is 29.8 Å². The lowest BCUT2D eigenvalue weighted by molar-refractivity contribution is 0.127. The van der Waals surface area contributed by atoms with Gasteiger partial charge in [0.15, 0.2) is 0 Å². The molecule has 0 atom stereocenters. The number of rotatable bonds is 6. The van der Waals surface area contributed by atoms with Crippen molar-refractivity contribution in [3.05, 3.63) is 47.0 Å². The predicted octanol–water partition coefficient (Wildman–Crippen LogP) is 2.89. The molecule has 1 aliphatic rings. The van der Waals surface area contributed by atoms with E-state index in [1.165, 1.54) is 5.56 Å². The van der Waals surface area contributed by atoms with Crippen LogP contribution in [-0.2, 0) is 20.1 Å². The number of aliphatic hydroxyl groups excluding tert-OH is 1. The van der Waals surface area contributed by atoms with Crippen molar-refractivity contribution in [1.29, 1.82) is 0 Å². The van der Waals surface area contributed by atoms with Crippen molar-refractivity contribution in [2.75, 3.05) is 25.0 Å². The Labute approximate surface area is 148 Å². The first-order valence-electron chi connectivity index (χ1n) is 8.48. The Hall–Kier alpha value is -1.56. The molecule has 0 spiro atoms. The molecule has 0 bridgehead atoms. The Bertz CT molecular complexity index is 665. The number of anilines is 1. The quantitative estimate of drug-likeness (QED) is 0.842. The van der Waals surface area contributed by atoms with E-state index in [-0.39, 0.29) is 0 Å². The van der Waals surface area contributed by atoms with E-state index in [2.05, 4.69) is 39.5 Å². The zero-order valence-electron chi connectivity index (χ0n) is 14.1. The van der Waals surface area contributed by atoms with Crippen LogP contribution in [0.4, 0.5) is 5.69 Å². The molecule has 1 fully saturated rings. The van der Waals surface area contributed by atoms with Crippen LogP contribution in [0.15, 0.2) is 30.5 Å². The van der Waals surface area contributed by atoms with Gasteiger partial charge in [0.1, 0.15) is 11.0 Å². The Balaban J connectivity index is 1.62. The average molecular weight is 349 g/mol. The third-order valence-corrected chi connectivity index (χ3v) is 5.19. The monoisotopic (exact) mass is 348 g/mol. The van der Waals surface area contributed by atoms with Gasteiger partial charge in [0, 0.05) is 25.9 Å². The van der Waals surface area contributed by atoms with Gasteiger partial charge in [0.05, 0.1) is 12.7 Å². The molecule has 0 radical (unpaired) electrons. The van der Waals surface area contributed by atoms with Crippen molar-refractivity contribution in [3.8, 4) is 0 Å². The lowest BCUT2D eigenvalue weighted by atomic mass is 9.97. The van der Waals surface area contributed by atoms with Crippen molar-refractivity contribution in [3.63, 3.8) is 0 Å². The summed E-state index contributed by atoms with van der Waals surface area (Å²) in [7, 11) is 1.92. The number of nitrogens with zero attached hydrogens (tertiary/aromatic N) is 3. The van der Waals surface area contributed by atoms with Crippen molar-refractivity contribution < 1.29 is 5.11 Å². The summed E-state index contributed by atoms with van der Waals surface area (Å²) < 4.78 is 1.89. The number of hydrogen-bond donors (Lipinski definition) is 2. The highest BCUT2D eigenvalue weighted by Gasteiger charge is 2.19. The normalized spacial score (nSPS) is 16.5. The van der Waals surface area contributed by atoms with Crippen molar-refractivity contribution in [2.24, 2.45) is 13.0 Å². The minimum atomic E-state index is 0.318. The smallest absolute Gasteiger partial charge is 0.128 e. The number of hydrogen-bond acceptors (Lipinski definition) is 4. The molecule has 2 aromatic rings. The summed E-state index contributed by atoms with van der Waals surface area (Å²) >= 11 is 6.04. The topological polar surface area (TPSA) is 53.3 Å². The number of aromatic nitrogens is 2. The number of piperidine rings is 1. The molecule has 1 saturated heterocycles. The minimum absolute atomic E-state index is 0.318. The zero-order chi connectivity index (χ0) is 16.9. The number of benzene rings is 1. The third-order valence-electron chi connectivity index (χ3n) is 4.84. The summed E-state index contributed by atoms with van der Waals surface area (Å²) in [5.41, 5.74) is 2.43. The Kier molecular flexibility index (Phi) is 5.76. The lowest BCUT2D eigenvalue weighted by Gasteiger charge is -2.31. The highest BCUT2D eigenvalue weighted by atomic mass is 35.5. The van der Waals surface area contributed by atoms with Crippen LogP contribution in [0.25, 0.3) is 0 Å². The summed E-state index contributed by atoms with van der Waals surface area (Å²) in [6.45, 7) is 4.00. The Morgan fingerprint density at radius 1 is 1.29 bits per heavy atom. The summed E-state index contributed by atoms with van der Waals surface area (Å²) in [5, 5.41) is 13.4. The van der Waals surface area contributed by atoms with Crippen molar-refractivity contribution in [2.45, 2.75) is 25.9 Å². The molecule has 0 unspecified atom stereocenters. The first-order chi connectivity index (χ1) is 11.7. The van der Waals surface area contributed by atoms with E-state index >= 15 is 0 Å². The molecule has 1 aliphatic heterocycles. The predicted molar refractivity (Wildman–Crippen MR) is 97.1 cm³/mol. The molecule has 24 heavy (non-hydrogen) atoms. The van der Waals surface area contributed by atoms with Crippen LogP contribution in [0.2, 0.25) is 5.15 Å². The fourth-order valence-corrected chi connectivity index (χ4v) is 3.31. The van der Waals surface area contributed by atoms with E-state index in [1.54, 1.807) is 6.20 Å². The van der Waals surface area contributed by atoms with Gasteiger partial charge in [-0.05, 0) is 43.5 Å². The second-order valence-corrected chi connectivity index (χ2v) is 6.86. The molecule has 2 heterocycles. The number of likely N-dealkylation sites (tertiary alicyclic amines) is 1. The van der Waals surface area contributed by atoms with Gasteiger partial charge in [-0.3, -0.25) is 4.90 Å². The molecular weight excluding hydrogens is 324 g/mol. The summed E-state index contributed by atoms with van der Waals surface area (Å²) in [6.07, 6.45) is 3.84. The molecule has 3 rings (SSSR count). The van der Waals surface area contributed by atoms with Gasteiger partial charge in [-0.25, -0.2) is 4.98 Å². The number of nitrogens with one attached hydrogen (secondary N) is 1. The SMILES string of the molecule is Cn1c(Cl)cnc1CNc1ccccc1CN1CCC(CO)CC1. The van der Waals surface area contributed by atoms with Gasteiger partial charge in [-0.2, -0.15) is 0 Å². The van der Waals surface area contributed by atoms with Crippen LogP contribution in [0.5, 0.6) is 0 Å². The largest absolute Gasteiger partial charge is 0.396 e. The van der Waals surface area contributed by atoms with Crippen LogP contribution >= 0.6 is 11.6 Å². The fraction of sp³-hybridized carbons (Fsp3) is 0.500. The second-order valence-electron chi connectivity index (χ2n) is 6.47. The lowest BCUT2D eigenvalue weighted by Crippen LogP contribution is -2.34. The first kappa shape index (κ1) is 17.3. The molecule has 2 N–H and O–H groups in total. The van der Waals surface area contributed by atoms with E-state index < -0.39 is 0 Å². The fourth-order valence-electron chi connectivity index (χ4n) is 3.16. The maximum Gasteiger partial charge on any atom is 0.128 e. The molecule has 1 aromatic heterocycles. The van der Waals surface area contributed by atoms with Gasteiger partial charge >= 0.3 is 0 Å². The van der Waals surface area contributed by atoms with Crippen molar-refractivity contribution in [1.82, 2.24) is 14.5 Å². The zero-order valence-corrected chi connectivity index (χ0v) is 14.8. The van der Waals surface area contributed by atoms with Crippen LogP contribution in [0, 0.1) is 5.92 Å². The first-order valence-corrected chi connectivity index (χ1v) is 8.86. The van der Waals surface area contributed by atoms with Gasteiger partial charge in [0.25, 0.3) is 0 Å². The minimum Gasteiger partial charge on any atom is -0.396 e. The van der Waals surface area contributed by atoms with Crippen molar-refractivity contribution >= 4 is 17.3 Å². The van der Waals surface area contributed by atoms with Crippen LogP contribution in [0.3, 0.4) is 0 Å². The number of imidazole rings is 1. The van der Waals surface area contributed by atoms with E-state index in [0.29, 0.717) is 24.2 Å². The molecule has 5 nitrogen and oxygen atoms in total. The molecule has 1 aromatic carbocycles. The van der Waals surface area contributed by atoms with Crippen LogP contribution in [0.1, 0.15) is 24.2 Å². The number of aliphatic hydroxyl groups is 1. The van der Waals surface area contributed by atoms with Crippen LogP contribution < -0.4 is 5.32 Å². The summed E-state index contributed by atoms with van der Waals surface area (Å²) in [4.78, 5) is 6.79. The highest BCUT2D eigenvalue weighted by molar-refractivity contribution is 6.29. The third kappa shape index (κ3) is 4.09. The highest BCUT2D eigenvalue weighted by Crippen LogP contribution is 2.22. The Morgan fingerprint density at radius 2 is 2.04 bits per heavy atom. The maximum absolute atomic E-state index is 9.27.